The highest BCUT2D eigenvalue weighted by Crippen LogP contribution is 2.46. The van der Waals surface area contributed by atoms with E-state index in [2.05, 4.69) is 10.3 Å². The quantitative estimate of drug-likeness (QED) is 0.319. The van der Waals surface area contributed by atoms with Crippen LogP contribution in [0.5, 0.6) is 0 Å². The molecule has 1 aliphatic carbocycles. The zero-order chi connectivity index (χ0) is 28.0. The smallest absolute Gasteiger partial charge is 0.294 e. The van der Waals surface area contributed by atoms with Gasteiger partial charge in [-0.15, -0.1) is 0 Å². The number of hydrogen-bond donors (Lipinski definition) is 4. The number of benzene rings is 2. The van der Waals surface area contributed by atoms with E-state index in [9.17, 15) is 35.8 Å². The van der Waals surface area contributed by atoms with Crippen molar-refractivity contribution < 1.29 is 35.8 Å². The summed E-state index contributed by atoms with van der Waals surface area (Å²) in [5.41, 5.74) is 1.80. The van der Waals surface area contributed by atoms with Gasteiger partial charge < -0.3 is 10.4 Å². The first-order chi connectivity index (χ1) is 17.4. The SMILES string of the molecule is CC1(C)C(/C=C2/C(=O)C(/C=C3/Nc4ccc(S(=O)(=O)O)cc4C3(C)C)=C2O)=Nc2ccc(S(=O)(=O)O)cc21. The van der Waals surface area contributed by atoms with Gasteiger partial charge in [-0.3, -0.25) is 18.9 Å². The lowest BCUT2D eigenvalue weighted by atomic mass is 9.77. The largest absolute Gasteiger partial charge is 0.506 e. The summed E-state index contributed by atoms with van der Waals surface area (Å²) in [6.07, 6.45) is 2.98. The van der Waals surface area contributed by atoms with Crippen molar-refractivity contribution in [3.8, 4) is 0 Å². The van der Waals surface area contributed by atoms with Gasteiger partial charge in [0, 0.05) is 22.2 Å². The second-order valence-electron chi connectivity index (χ2n) is 10.4. The number of hydrogen-bond acceptors (Lipinski definition) is 8. The molecular formula is C26H24N2O8S2. The zero-order valence-electron chi connectivity index (χ0n) is 20.8. The number of nitrogens with one attached hydrogen (secondary N) is 1. The van der Waals surface area contributed by atoms with Gasteiger partial charge in [0.15, 0.2) is 0 Å². The molecular weight excluding hydrogens is 532 g/mol. The van der Waals surface area contributed by atoms with Crippen LogP contribution in [0.25, 0.3) is 0 Å². The van der Waals surface area contributed by atoms with Crippen LogP contribution in [0, 0.1) is 0 Å². The number of nitrogens with zero attached hydrogens (tertiary/aromatic N) is 1. The summed E-state index contributed by atoms with van der Waals surface area (Å²) in [7, 11) is -8.80. The van der Waals surface area contributed by atoms with Crippen LogP contribution in [0.4, 0.5) is 11.4 Å². The van der Waals surface area contributed by atoms with Crippen LogP contribution in [-0.2, 0) is 35.9 Å². The molecule has 2 aromatic rings. The molecule has 5 rings (SSSR count). The zero-order valence-corrected chi connectivity index (χ0v) is 22.4. The van der Waals surface area contributed by atoms with Crippen molar-refractivity contribution in [2.45, 2.75) is 48.3 Å². The molecule has 4 N–H and O–H groups in total. The Morgan fingerprint density at radius 2 is 1.42 bits per heavy atom. The predicted molar refractivity (Wildman–Crippen MR) is 140 cm³/mol. The van der Waals surface area contributed by atoms with Crippen LogP contribution in [0.1, 0.15) is 38.8 Å². The first-order valence-electron chi connectivity index (χ1n) is 11.4. The molecule has 198 valence electrons. The van der Waals surface area contributed by atoms with Gasteiger partial charge >= 0.3 is 0 Å². The van der Waals surface area contributed by atoms with E-state index in [-0.39, 0.29) is 26.7 Å². The van der Waals surface area contributed by atoms with Gasteiger partial charge in [0.25, 0.3) is 20.2 Å². The predicted octanol–water partition coefficient (Wildman–Crippen LogP) is 4.15. The van der Waals surface area contributed by atoms with Gasteiger partial charge in [-0.2, -0.15) is 16.8 Å². The third-order valence-corrected chi connectivity index (χ3v) is 8.99. The summed E-state index contributed by atoms with van der Waals surface area (Å²) < 4.78 is 65.1. The lowest BCUT2D eigenvalue weighted by Gasteiger charge is -2.25. The van der Waals surface area contributed by atoms with E-state index in [0.29, 0.717) is 33.9 Å². The summed E-state index contributed by atoms with van der Waals surface area (Å²) in [4.78, 5) is 17.0. The molecule has 2 aliphatic heterocycles. The van der Waals surface area contributed by atoms with Gasteiger partial charge in [0.1, 0.15) is 5.76 Å². The first-order valence-corrected chi connectivity index (χ1v) is 14.3. The number of aliphatic hydroxyl groups is 1. The fourth-order valence-corrected chi connectivity index (χ4v) is 5.87. The van der Waals surface area contributed by atoms with E-state index in [0.717, 1.165) is 0 Å². The Balaban J connectivity index is 1.48. The molecule has 2 aromatic carbocycles. The van der Waals surface area contributed by atoms with E-state index in [1.165, 1.54) is 48.6 Å². The Morgan fingerprint density at radius 1 is 0.842 bits per heavy atom. The Morgan fingerprint density at radius 3 is 2.00 bits per heavy atom. The molecule has 0 radical (unpaired) electrons. The Labute approximate surface area is 219 Å². The average Bonchev–Trinajstić information content (AvgIpc) is 3.22. The fourth-order valence-electron chi connectivity index (χ4n) is 4.86. The van der Waals surface area contributed by atoms with E-state index in [1.54, 1.807) is 13.8 Å². The van der Waals surface area contributed by atoms with Crippen molar-refractivity contribution in [1.82, 2.24) is 0 Å². The minimum Gasteiger partial charge on any atom is -0.506 e. The molecule has 38 heavy (non-hydrogen) atoms. The first kappa shape index (κ1) is 26.0. The van der Waals surface area contributed by atoms with Gasteiger partial charge in [0.05, 0.1) is 32.3 Å². The summed E-state index contributed by atoms with van der Waals surface area (Å²) in [5, 5.41) is 13.9. The number of fused-ring (bicyclic) bond motifs is 2. The third-order valence-electron chi connectivity index (χ3n) is 7.29. The molecule has 0 atom stereocenters. The van der Waals surface area contributed by atoms with Crippen molar-refractivity contribution in [3.63, 3.8) is 0 Å². The molecule has 0 amide bonds. The molecule has 12 heteroatoms. The number of carbonyl (C=O) groups excluding carboxylic acids is 1. The number of anilines is 1. The van der Waals surface area contributed by atoms with Crippen LogP contribution < -0.4 is 5.32 Å². The topological polar surface area (TPSA) is 170 Å². The molecule has 0 aromatic heterocycles. The molecule has 0 fully saturated rings. The second kappa shape index (κ2) is 7.96. The minimum absolute atomic E-state index is 0.0495. The second-order valence-corrected chi connectivity index (χ2v) is 13.3. The van der Waals surface area contributed by atoms with E-state index >= 15 is 0 Å². The van der Waals surface area contributed by atoms with Gasteiger partial charge in [-0.1, -0.05) is 27.7 Å². The van der Waals surface area contributed by atoms with Crippen molar-refractivity contribution in [2.24, 2.45) is 4.99 Å². The molecule has 2 heterocycles. The standard InChI is InChI=1S/C26H24N2O8S2/c1-25(2)17-9-13(37(31,32)33)5-7-19(17)27-21(25)11-15-23(29)16(24(15)30)12-22-26(3,4)18-10-14(38(34,35)36)6-8-20(18)28-22/h5-12,27,29H,1-4H3,(H,31,32,33)(H,34,35,36)/b16-12+,21-11+. The monoisotopic (exact) mass is 556 g/mol. The van der Waals surface area contributed by atoms with Crippen molar-refractivity contribution in [1.29, 1.82) is 0 Å². The van der Waals surface area contributed by atoms with Gasteiger partial charge in [-0.25, -0.2) is 0 Å². The summed E-state index contributed by atoms with van der Waals surface area (Å²) in [5.74, 6) is -0.655. The lowest BCUT2D eigenvalue weighted by Crippen LogP contribution is -2.28. The number of allylic oxidation sites excluding steroid dienone is 5. The molecule has 0 unspecified atom stereocenters. The Hall–Kier alpha value is -3.58. The summed E-state index contributed by atoms with van der Waals surface area (Å²) in [6, 6.07) is 8.22. The van der Waals surface area contributed by atoms with Crippen LogP contribution in [0.3, 0.4) is 0 Å². The molecule has 0 saturated heterocycles. The van der Waals surface area contributed by atoms with E-state index < -0.39 is 36.8 Å². The molecule has 3 aliphatic rings. The van der Waals surface area contributed by atoms with E-state index in [4.69, 9.17) is 0 Å². The van der Waals surface area contributed by atoms with Gasteiger partial charge in [0.2, 0.25) is 5.78 Å². The summed E-state index contributed by atoms with van der Waals surface area (Å²) in [6.45, 7) is 7.21. The lowest BCUT2D eigenvalue weighted by molar-refractivity contribution is -0.113. The summed E-state index contributed by atoms with van der Waals surface area (Å²) >= 11 is 0. The third kappa shape index (κ3) is 3.91. The normalized spacial score (nSPS) is 21.7. The highest BCUT2D eigenvalue weighted by atomic mass is 32.2. The highest BCUT2D eigenvalue weighted by molar-refractivity contribution is 7.86. The van der Waals surface area contributed by atoms with Crippen LogP contribution in [0.2, 0.25) is 0 Å². The average molecular weight is 557 g/mol. The van der Waals surface area contributed by atoms with Gasteiger partial charge in [-0.05, 0) is 59.7 Å². The van der Waals surface area contributed by atoms with Crippen molar-refractivity contribution >= 4 is 43.1 Å². The molecule has 0 saturated carbocycles. The van der Waals surface area contributed by atoms with E-state index in [1.807, 2.05) is 13.8 Å². The highest BCUT2D eigenvalue weighted by Gasteiger charge is 2.41. The van der Waals surface area contributed by atoms with Crippen LogP contribution in [0.15, 0.2) is 85.9 Å². The molecule has 0 spiro atoms. The maximum absolute atomic E-state index is 13.0. The minimum atomic E-state index is -4.41. The maximum Gasteiger partial charge on any atom is 0.294 e. The maximum atomic E-state index is 13.0. The number of rotatable bonds is 4. The van der Waals surface area contributed by atoms with Crippen LogP contribution >= 0.6 is 0 Å². The number of aliphatic imine (C=N–C) groups is 1. The number of Topliss-reactive ketones (excluding diaryl/α,β-unsaturated/α-hetero) is 1. The Bertz CT molecular complexity index is 1810. The number of aliphatic hydroxyl groups excluding tert-OH is 1. The molecule has 10 nitrogen and oxygen atoms in total. The molecule has 0 bridgehead atoms. The van der Waals surface area contributed by atoms with Crippen molar-refractivity contribution in [3.05, 3.63) is 82.3 Å². The Kier molecular flexibility index (Phi) is 5.46. The fraction of sp³-hybridized carbons (Fsp3) is 0.231. The van der Waals surface area contributed by atoms with Crippen LogP contribution in [-0.4, -0.2) is 42.5 Å². The van der Waals surface area contributed by atoms with Crippen molar-refractivity contribution in [2.75, 3.05) is 5.32 Å². The number of ketones is 1. The number of carbonyl (C=O) groups is 1.